The van der Waals surface area contributed by atoms with Crippen molar-refractivity contribution in [3.05, 3.63) is 64.4 Å². The number of nitrogens with one attached hydrogen (secondary N) is 1. The van der Waals surface area contributed by atoms with Crippen molar-refractivity contribution in [2.45, 2.75) is 34.1 Å². The van der Waals surface area contributed by atoms with E-state index >= 15 is 0 Å². The van der Waals surface area contributed by atoms with E-state index in [0.717, 1.165) is 44.5 Å². The highest BCUT2D eigenvalue weighted by Crippen LogP contribution is 2.27. The molecule has 0 atom stereocenters. The topological polar surface area (TPSA) is 68.5 Å². The van der Waals surface area contributed by atoms with Crippen molar-refractivity contribution in [3.8, 4) is 0 Å². The number of anilines is 1. The van der Waals surface area contributed by atoms with E-state index in [1.54, 1.807) is 6.26 Å². The lowest BCUT2D eigenvalue weighted by Gasteiger charge is -2.10. The lowest BCUT2D eigenvalue weighted by Crippen LogP contribution is -2.22. The molecule has 1 amide bonds. The third kappa shape index (κ3) is 4.03. The number of furan rings is 1. The molecule has 1 heterocycles. The Kier molecular flexibility index (Phi) is 5.31. The minimum absolute atomic E-state index is 0.0618. The van der Waals surface area contributed by atoms with Crippen LogP contribution in [-0.4, -0.2) is 18.5 Å². The van der Waals surface area contributed by atoms with E-state index in [1.165, 1.54) is 0 Å². The van der Waals surface area contributed by atoms with Gasteiger partial charge in [-0.3, -0.25) is 9.59 Å². The van der Waals surface area contributed by atoms with Gasteiger partial charge in [-0.05, 0) is 56.0 Å². The summed E-state index contributed by atoms with van der Waals surface area (Å²) in [4.78, 5) is 24.2. The predicted molar refractivity (Wildman–Crippen MR) is 105 cm³/mol. The SMILES string of the molecule is Cc1cccc(NC(=O)COC(=O)Cc2coc3c(C)c(C)ccc23)c1C. The van der Waals surface area contributed by atoms with E-state index in [9.17, 15) is 9.59 Å². The summed E-state index contributed by atoms with van der Waals surface area (Å²) in [7, 11) is 0. The summed E-state index contributed by atoms with van der Waals surface area (Å²) in [5.41, 5.74) is 6.53. The molecule has 27 heavy (non-hydrogen) atoms. The van der Waals surface area contributed by atoms with Crippen molar-refractivity contribution in [3.63, 3.8) is 0 Å². The minimum Gasteiger partial charge on any atom is -0.464 e. The van der Waals surface area contributed by atoms with Gasteiger partial charge in [0.25, 0.3) is 5.91 Å². The largest absolute Gasteiger partial charge is 0.464 e. The molecule has 1 aromatic heterocycles. The molecule has 3 rings (SSSR count). The van der Waals surface area contributed by atoms with Crippen LogP contribution in [0.3, 0.4) is 0 Å². The molecule has 5 heteroatoms. The third-order valence-electron chi connectivity index (χ3n) is 4.92. The van der Waals surface area contributed by atoms with E-state index in [0.29, 0.717) is 0 Å². The van der Waals surface area contributed by atoms with Crippen molar-refractivity contribution in [1.29, 1.82) is 0 Å². The van der Waals surface area contributed by atoms with Crippen molar-refractivity contribution < 1.29 is 18.7 Å². The normalized spacial score (nSPS) is 10.8. The fourth-order valence-corrected chi connectivity index (χ4v) is 2.95. The van der Waals surface area contributed by atoms with Gasteiger partial charge in [0, 0.05) is 16.6 Å². The fraction of sp³-hybridized carbons (Fsp3) is 0.273. The first-order valence-corrected chi connectivity index (χ1v) is 8.84. The zero-order chi connectivity index (χ0) is 19.6. The molecule has 140 valence electrons. The van der Waals surface area contributed by atoms with E-state index in [2.05, 4.69) is 5.32 Å². The molecule has 0 spiro atoms. The summed E-state index contributed by atoms with van der Waals surface area (Å²) in [5.74, 6) is -0.826. The van der Waals surface area contributed by atoms with E-state index in [1.807, 2.05) is 58.0 Å². The first-order valence-electron chi connectivity index (χ1n) is 8.84. The second kappa shape index (κ2) is 7.66. The first-order chi connectivity index (χ1) is 12.9. The Hall–Kier alpha value is -3.08. The first kappa shape index (κ1) is 18.7. The van der Waals surface area contributed by atoms with Crippen LogP contribution in [0.15, 0.2) is 41.0 Å². The molecule has 0 aliphatic heterocycles. The van der Waals surface area contributed by atoms with Gasteiger partial charge in [-0.15, -0.1) is 0 Å². The molecule has 0 saturated heterocycles. The number of hydrogen-bond donors (Lipinski definition) is 1. The molecular formula is C22H23NO4. The average Bonchev–Trinajstić information content (AvgIpc) is 3.04. The minimum atomic E-state index is -0.466. The number of carbonyl (C=O) groups is 2. The summed E-state index contributed by atoms with van der Waals surface area (Å²) >= 11 is 0. The lowest BCUT2D eigenvalue weighted by molar-refractivity contribution is -0.146. The molecule has 0 saturated carbocycles. The highest BCUT2D eigenvalue weighted by atomic mass is 16.5. The number of ether oxygens (including phenoxy) is 1. The summed E-state index contributed by atoms with van der Waals surface area (Å²) in [6.07, 6.45) is 1.64. The average molecular weight is 365 g/mol. The third-order valence-corrected chi connectivity index (χ3v) is 4.92. The van der Waals surface area contributed by atoms with E-state index < -0.39 is 5.97 Å². The van der Waals surface area contributed by atoms with Gasteiger partial charge < -0.3 is 14.5 Å². The number of esters is 1. The number of hydrogen-bond acceptors (Lipinski definition) is 4. The van der Waals surface area contributed by atoms with Gasteiger partial charge in [-0.1, -0.05) is 24.3 Å². The standard InChI is InChI=1S/C22H23NO4/c1-13-6-5-7-19(15(13)3)23-20(24)12-26-21(25)10-17-11-27-22-16(4)14(2)8-9-18(17)22/h5-9,11H,10,12H2,1-4H3,(H,23,24). The maximum atomic E-state index is 12.1. The maximum Gasteiger partial charge on any atom is 0.310 e. The van der Waals surface area contributed by atoms with Crippen LogP contribution in [-0.2, 0) is 20.7 Å². The van der Waals surface area contributed by atoms with Crippen molar-refractivity contribution in [2.75, 3.05) is 11.9 Å². The van der Waals surface area contributed by atoms with Gasteiger partial charge >= 0.3 is 5.97 Å². The zero-order valence-corrected chi connectivity index (χ0v) is 16.0. The van der Waals surface area contributed by atoms with Crippen molar-refractivity contribution in [1.82, 2.24) is 0 Å². The summed E-state index contributed by atoms with van der Waals surface area (Å²) in [5, 5.41) is 3.67. The van der Waals surface area contributed by atoms with Gasteiger partial charge in [0.2, 0.25) is 0 Å². The van der Waals surface area contributed by atoms with Crippen LogP contribution >= 0.6 is 0 Å². The van der Waals surface area contributed by atoms with E-state index in [4.69, 9.17) is 9.15 Å². The Morgan fingerprint density at radius 2 is 1.74 bits per heavy atom. The Labute approximate surface area is 158 Å². The fourth-order valence-electron chi connectivity index (χ4n) is 2.95. The molecule has 0 aliphatic rings. The van der Waals surface area contributed by atoms with Gasteiger partial charge in [0.1, 0.15) is 5.58 Å². The molecule has 3 aromatic rings. The second-order valence-corrected chi connectivity index (χ2v) is 6.78. The van der Waals surface area contributed by atoms with Crippen LogP contribution in [0.1, 0.15) is 27.8 Å². The molecule has 2 aromatic carbocycles. The quantitative estimate of drug-likeness (QED) is 0.681. The Morgan fingerprint density at radius 1 is 1.00 bits per heavy atom. The molecule has 0 unspecified atom stereocenters. The second-order valence-electron chi connectivity index (χ2n) is 6.78. The number of fused-ring (bicyclic) bond motifs is 1. The molecule has 0 radical (unpaired) electrons. The van der Waals surface area contributed by atoms with Crippen LogP contribution in [0.4, 0.5) is 5.69 Å². The molecule has 5 nitrogen and oxygen atoms in total. The number of aryl methyl sites for hydroxylation is 3. The van der Waals surface area contributed by atoms with Gasteiger partial charge in [0.05, 0.1) is 12.7 Å². The smallest absolute Gasteiger partial charge is 0.310 e. The van der Waals surface area contributed by atoms with Gasteiger partial charge in [-0.25, -0.2) is 0 Å². The van der Waals surface area contributed by atoms with E-state index in [-0.39, 0.29) is 18.9 Å². The summed E-state index contributed by atoms with van der Waals surface area (Å²) in [6.45, 7) is 7.59. The monoisotopic (exact) mass is 365 g/mol. The molecule has 0 bridgehead atoms. The van der Waals surface area contributed by atoms with Crippen molar-refractivity contribution in [2.24, 2.45) is 0 Å². The number of rotatable bonds is 5. The zero-order valence-electron chi connectivity index (χ0n) is 16.0. The van der Waals surface area contributed by atoms with Crippen molar-refractivity contribution >= 4 is 28.5 Å². The highest BCUT2D eigenvalue weighted by Gasteiger charge is 2.15. The number of amides is 1. The van der Waals surface area contributed by atoms with Crippen LogP contribution in [0, 0.1) is 27.7 Å². The predicted octanol–water partition coefficient (Wildman–Crippen LogP) is 4.39. The Balaban J connectivity index is 1.59. The van der Waals surface area contributed by atoms with Crippen LogP contribution in [0.5, 0.6) is 0 Å². The molecule has 0 fully saturated rings. The molecular weight excluding hydrogens is 342 g/mol. The summed E-state index contributed by atoms with van der Waals surface area (Å²) < 4.78 is 10.7. The van der Waals surface area contributed by atoms with Gasteiger partial charge in [0.15, 0.2) is 6.61 Å². The lowest BCUT2D eigenvalue weighted by atomic mass is 10.0. The molecule has 1 N–H and O–H groups in total. The van der Waals surface area contributed by atoms with Crippen LogP contribution in [0.25, 0.3) is 11.0 Å². The molecule has 0 aliphatic carbocycles. The summed E-state index contributed by atoms with van der Waals surface area (Å²) in [6, 6.07) is 9.61. The Bertz CT molecular complexity index is 1020. The number of carbonyl (C=O) groups excluding carboxylic acids is 2. The van der Waals surface area contributed by atoms with Gasteiger partial charge in [-0.2, -0.15) is 0 Å². The van der Waals surface area contributed by atoms with Crippen LogP contribution in [0.2, 0.25) is 0 Å². The van der Waals surface area contributed by atoms with Crippen LogP contribution < -0.4 is 5.32 Å². The number of benzene rings is 2. The highest BCUT2D eigenvalue weighted by molar-refractivity contribution is 5.94. The maximum absolute atomic E-state index is 12.1. The Morgan fingerprint density at radius 3 is 2.52 bits per heavy atom.